The van der Waals surface area contributed by atoms with E-state index in [1.54, 1.807) is 0 Å². The van der Waals surface area contributed by atoms with Crippen LogP contribution < -0.4 is 0 Å². The Hall–Kier alpha value is 0.240. The highest BCUT2D eigenvalue weighted by atomic mass is 35.5. The zero-order valence-corrected chi connectivity index (χ0v) is 3.92. The fourth-order valence-electron chi connectivity index (χ4n) is 0. The number of carbonyl (C=O) groups is 1. The molecule has 0 spiro atoms. The first-order chi connectivity index (χ1) is 1.73. The normalized spacial score (nSPS) is 4.33. The van der Waals surface area contributed by atoms with E-state index in [0.717, 1.165) is 0 Å². The molecule has 0 heterocycles. The van der Waals surface area contributed by atoms with Gasteiger partial charge in [-0.25, -0.2) is 4.79 Å². The quantitative estimate of drug-likeness (QED) is 0.461. The van der Waals surface area contributed by atoms with E-state index < -0.39 is 5.50 Å². The van der Waals surface area contributed by atoms with Crippen molar-refractivity contribution in [2.75, 3.05) is 0 Å². The topological polar surface area (TPSA) is 17.1 Å². The van der Waals surface area contributed by atoms with Gasteiger partial charge in [-0.05, 0) is 11.6 Å². The molecule has 40 valence electrons. The molecule has 0 amide bonds. The summed E-state index contributed by atoms with van der Waals surface area (Å²) in [7, 11) is 0. The maximum Gasteiger partial charge on any atom is 0.394 e. The first-order valence-electron chi connectivity index (χ1n) is 0.582. The van der Waals surface area contributed by atoms with Crippen LogP contribution in [0.1, 0.15) is 7.43 Å². The number of hydrogen-bond donors (Lipinski definition) is 0. The van der Waals surface area contributed by atoms with Gasteiger partial charge in [0, 0.05) is 0 Å². The summed E-state index contributed by atoms with van der Waals surface area (Å²) < 4.78 is 10.1. The van der Waals surface area contributed by atoms with Gasteiger partial charge in [-0.2, -0.15) is 13.5 Å². The van der Waals surface area contributed by atoms with Gasteiger partial charge >= 0.3 is 5.50 Å². The van der Waals surface area contributed by atoms with Gasteiger partial charge in [0.05, 0.1) is 0 Å². The molecule has 0 N–H and O–H groups in total. The lowest BCUT2D eigenvalue weighted by Crippen LogP contribution is -1.50. The number of carbonyl (C=O) groups excluding carboxylic acids is 1. The first-order valence-corrected chi connectivity index (χ1v) is 0.960. The van der Waals surface area contributed by atoms with Gasteiger partial charge in [-0.15, -0.1) is 4.39 Å². The molecule has 0 unspecified atom stereocenters. The molecular weight excluding hydrogens is 127 g/mol. The molecule has 0 aliphatic carbocycles. The van der Waals surface area contributed by atoms with E-state index in [1.165, 1.54) is 0 Å². The zero-order chi connectivity index (χ0) is 3.58. The van der Waals surface area contributed by atoms with Gasteiger partial charge in [0.1, 0.15) is 0 Å². The second kappa shape index (κ2) is 8.97. The van der Waals surface area contributed by atoms with Gasteiger partial charge in [0.2, 0.25) is 0 Å². The van der Waals surface area contributed by atoms with Crippen LogP contribution in [0.15, 0.2) is 0 Å². The largest absolute Gasteiger partial charge is 0.394 e. The predicted octanol–water partition coefficient (Wildman–Crippen LogP) is 2.06. The zero-order valence-electron chi connectivity index (χ0n) is 2.16. The monoisotopic (exact) mass is 132 g/mol. The van der Waals surface area contributed by atoms with Crippen molar-refractivity contribution in [2.45, 2.75) is 7.43 Å². The van der Waals surface area contributed by atoms with Crippen molar-refractivity contribution >= 4 is 30.6 Å². The third-order valence-corrected chi connectivity index (χ3v) is 0. The second-order valence-corrected chi connectivity index (χ2v) is 0.523. The highest BCUT2D eigenvalue weighted by Crippen LogP contribution is 1.77. The fourth-order valence-corrected chi connectivity index (χ4v) is 0. The van der Waals surface area contributed by atoms with Crippen molar-refractivity contribution in [1.82, 2.24) is 0 Å². The SMILES string of the molecule is C.O=C(F)Cl.S. The maximum atomic E-state index is 10.1. The minimum absolute atomic E-state index is 0. The van der Waals surface area contributed by atoms with Crippen molar-refractivity contribution in [3.05, 3.63) is 0 Å². The van der Waals surface area contributed by atoms with Gasteiger partial charge in [0.25, 0.3) is 0 Å². The van der Waals surface area contributed by atoms with Gasteiger partial charge in [0.15, 0.2) is 0 Å². The standard InChI is InChI=1S/CClFO.CH4.H2S/c2-1(3)4;;/h;1H4;1H2. The molecule has 0 fully saturated rings. The Bertz CT molecular complexity index is 36.5. The average Bonchev–Trinajstić information content (AvgIpc) is 0.811. The molecule has 0 saturated carbocycles. The molecule has 0 rings (SSSR count). The molecule has 0 atom stereocenters. The Balaban J connectivity index is -0.0000000450. The molecule has 4 heteroatoms. The summed E-state index contributed by atoms with van der Waals surface area (Å²) in [6, 6.07) is 0. The van der Waals surface area contributed by atoms with Crippen LogP contribution in [0.4, 0.5) is 9.18 Å². The fraction of sp³-hybridized carbons (Fsp3) is 0.500. The molecular formula is C2H6ClFOS. The van der Waals surface area contributed by atoms with E-state index in [4.69, 9.17) is 4.79 Å². The summed E-state index contributed by atoms with van der Waals surface area (Å²) in [6.07, 6.45) is 0. The van der Waals surface area contributed by atoms with E-state index in [-0.39, 0.29) is 20.9 Å². The molecule has 0 radical (unpaired) electrons. The molecule has 1 nitrogen and oxygen atoms in total. The molecule has 6 heavy (non-hydrogen) atoms. The summed E-state index contributed by atoms with van der Waals surface area (Å²) in [4.78, 5) is 8.54. The van der Waals surface area contributed by atoms with Crippen molar-refractivity contribution in [3.63, 3.8) is 0 Å². The Labute approximate surface area is 47.9 Å². The van der Waals surface area contributed by atoms with Crippen LogP contribution >= 0.6 is 25.1 Å². The molecule has 0 bridgehead atoms. The Kier molecular flexibility index (Phi) is 24.4. The molecule has 0 aliphatic heterocycles. The number of hydrogen-bond acceptors (Lipinski definition) is 1. The summed E-state index contributed by atoms with van der Waals surface area (Å²) in [5.74, 6) is 0. The minimum atomic E-state index is -1.86. The van der Waals surface area contributed by atoms with E-state index in [1.807, 2.05) is 0 Å². The van der Waals surface area contributed by atoms with Crippen molar-refractivity contribution in [1.29, 1.82) is 0 Å². The van der Waals surface area contributed by atoms with Crippen LogP contribution in [-0.4, -0.2) is 5.50 Å². The van der Waals surface area contributed by atoms with Crippen molar-refractivity contribution < 1.29 is 9.18 Å². The summed E-state index contributed by atoms with van der Waals surface area (Å²) in [5, 5.41) is 0. The van der Waals surface area contributed by atoms with Crippen molar-refractivity contribution in [3.8, 4) is 0 Å². The summed E-state index contributed by atoms with van der Waals surface area (Å²) in [5.41, 5.74) is -1.86. The van der Waals surface area contributed by atoms with Crippen LogP contribution in [0.2, 0.25) is 0 Å². The lowest BCUT2D eigenvalue weighted by atomic mass is 11.7. The van der Waals surface area contributed by atoms with Gasteiger partial charge in [-0.1, -0.05) is 7.43 Å². The van der Waals surface area contributed by atoms with Crippen LogP contribution in [0.3, 0.4) is 0 Å². The maximum absolute atomic E-state index is 10.1. The van der Waals surface area contributed by atoms with E-state index in [2.05, 4.69) is 11.6 Å². The minimum Gasteiger partial charge on any atom is -0.241 e. The molecule has 0 aromatic heterocycles. The Morgan fingerprint density at radius 2 is 1.67 bits per heavy atom. The number of halogens is 2. The Morgan fingerprint density at radius 3 is 1.67 bits per heavy atom. The second-order valence-electron chi connectivity index (χ2n) is 0.226. The highest BCUT2D eigenvalue weighted by Gasteiger charge is 1.75. The van der Waals surface area contributed by atoms with Gasteiger partial charge < -0.3 is 0 Å². The van der Waals surface area contributed by atoms with Crippen LogP contribution in [0.5, 0.6) is 0 Å². The third kappa shape index (κ3) is 773. The molecule has 0 aliphatic rings. The van der Waals surface area contributed by atoms with Crippen molar-refractivity contribution in [2.24, 2.45) is 0 Å². The van der Waals surface area contributed by atoms with E-state index in [0.29, 0.717) is 0 Å². The first kappa shape index (κ1) is 16.3. The van der Waals surface area contributed by atoms with Crippen LogP contribution in [-0.2, 0) is 0 Å². The molecule has 0 saturated heterocycles. The summed E-state index contributed by atoms with van der Waals surface area (Å²) in [6.45, 7) is 0. The molecule has 0 aromatic carbocycles. The van der Waals surface area contributed by atoms with Crippen LogP contribution in [0, 0.1) is 0 Å². The Morgan fingerprint density at radius 1 is 1.67 bits per heavy atom. The average molecular weight is 133 g/mol. The summed E-state index contributed by atoms with van der Waals surface area (Å²) >= 11 is 3.97. The van der Waals surface area contributed by atoms with Gasteiger partial charge in [-0.3, -0.25) is 0 Å². The lowest BCUT2D eigenvalue weighted by molar-refractivity contribution is 0.244. The lowest BCUT2D eigenvalue weighted by Gasteiger charge is -1.46. The van der Waals surface area contributed by atoms with Crippen LogP contribution in [0.25, 0.3) is 0 Å². The molecule has 0 aromatic rings. The van der Waals surface area contributed by atoms with E-state index >= 15 is 0 Å². The van der Waals surface area contributed by atoms with E-state index in [9.17, 15) is 4.39 Å². The predicted molar refractivity (Wildman–Crippen MR) is 29.5 cm³/mol. The number of rotatable bonds is 0. The highest BCUT2D eigenvalue weighted by molar-refractivity contribution is 7.59. The smallest absolute Gasteiger partial charge is 0.241 e. The third-order valence-electron chi connectivity index (χ3n) is 0.